The number of hydrogen-bond donors (Lipinski definition) is 2. The fourth-order valence-electron chi connectivity index (χ4n) is 5.27. The van der Waals surface area contributed by atoms with E-state index in [1.165, 1.54) is 5.57 Å². The molecular formula is C25H34N4O5. The third-order valence-corrected chi connectivity index (χ3v) is 7.11. The number of likely N-dealkylation sites (tertiary alicyclic amines) is 2. The molecule has 2 saturated heterocycles. The maximum atomic E-state index is 13.5. The van der Waals surface area contributed by atoms with Gasteiger partial charge in [0.25, 0.3) is 0 Å². The number of hydrogen-bond acceptors (Lipinski definition) is 6. The molecular weight excluding hydrogens is 436 g/mol. The lowest BCUT2D eigenvalue weighted by atomic mass is 9.86. The summed E-state index contributed by atoms with van der Waals surface area (Å²) in [6, 6.07) is 9.36. The standard InChI is InChI=1S/C25H34N4O5/c1-27-17-20(34-25(32)29-12-6-3-7-13-29)16-21(23(30)26-33)22(27)24(31)28-14-10-19(11-15-28)18-8-4-2-5-9-18/h2,4-5,8-10,20-22,33H,3,6-7,11-17H2,1H3,(H,26,30). The second-order valence-electron chi connectivity index (χ2n) is 9.39. The molecule has 4 rings (SSSR count). The highest BCUT2D eigenvalue weighted by molar-refractivity contribution is 5.90. The molecule has 3 atom stereocenters. The Morgan fingerprint density at radius 2 is 1.76 bits per heavy atom. The third-order valence-electron chi connectivity index (χ3n) is 7.11. The number of carbonyl (C=O) groups excluding carboxylic acids is 3. The van der Waals surface area contributed by atoms with Gasteiger partial charge >= 0.3 is 6.09 Å². The SMILES string of the molecule is CN1CC(OC(=O)N2CCCCC2)CC(C(=O)NO)C1C(=O)N1CC=C(c2ccccc2)CC1. The second-order valence-corrected chi connectivity index (χ2v) is 9.39. The van der Waals surface area contributed by atoms with E-state index >= 15 is 0 Å². The Bertz CT molecular complexity index is 915. The van der Waals surface area contributed by atoms with E-state index in [0.717, 1.165) is 31.2 Å². The molecule has 0 saturated carbocycles. The number of hydroxylamine groups is 1. The van der Waals surface area contributed by atoms with Gasteiger partial charge in [-0.25, -0.2) is 10.3 Å². The number of rotatable bonds is 4. The lowest BCUT2D eigenvalue weighted by Crippen LogP contribution is -2.60. The summed E-state index contributed by atoms with van der Waals surface area (Å²) in [5.74, 6) is -1.61. The molecule has 3 aliphatic rings. The van der Waals surface area contributed by atoms with E-state index in [2.05, 4.69) is 18.2 Å². The molecule has 1 aromatic carbocycles. The third kappa shape index (κ3) is 5.42. The number of piperidine rings is 2. The molecule has 1 aromatic rings. The van der Waals surface area contributed by atoms with Crippen molar-refractivity contribution >= 4 is 23.5 Å². The predicted octanol–water partition coefficient (Wildman–Crippen LogP) is 2.12. The van der Waals surface area contributed by atoms with Crippen LogP contribution in [0.1, 0.15) is 37.7 Å². The van der Waals surface area contributed by atoms with Gasteiger partial charge in [-0.1, -0.05) is 36.4 Å². The summed E-state index contributed by atoms with van der Waals surface area (Å²) >= 11 is 0. The molecule has 3 heterocycles. The topological polar surface area (TPSA) is 102 Å². The lowest BCUT2D eigenvalue weighted by molar-refractivity contribution is -0.151. The van der Waals surface area contributed by atoms with Crippen LogP contribution in [0.5, 0.6) is 0 Å². The average Bonchev–Trinajstić information content (AvgIpc) is 2.88. The molecule has 3 aliphatic heterocycles. The van der Waals surface area contributed by atoms with Crippen LogP contribution in [-0.4, -0.2) is 89.7 Å². The first-order valence-electron chi connectivity index (χ1n) is 12.1. The van der Waals surface area contributed by atoms with Gasteiger partial charge in [0, 0.05) is 32.7 Å². The van der Waals surface area contributed by atoms with Crippen LogP contribution in [0.15, 0.2) is 36.4 Å². The molecule has 3 amide bonds. The minimum absolute atomic E-state index is 0.153. The van der Waals surface area contributed by atoms with Crippen molar-refractivity contribution in [3.8, 4) is 0 Å². The molecule has 0 spiro atoms. The van der Waals surface area contributed by atoms with E-state index in [0.29, 0.717) is 32.7 Å². The molecule has 2 N–H and O–H groups in total. The molecule has 0 bridgehead atoms. The molecule has 9 nitrogen and oxygen atoms in total. The van der Waals surface area contributed by atoms with Crippen molar-refractivity contribution in [2.75, 3.05) is 39.8 Å². The van der Waals surface area contributed by atoms with Gasteiger partial charge in [0.15, 0.2) is 0 Å². The molecule has 2 fully saturated rings. The van der Waals surface area contributed by atoms with Crippen molar-refractivity contribution < 1.29 is 24.3 Å². The second kappa shape index (κ2) is 11.0. The normalized spacial score (nSPS) is 25.9. The number of nitrogens with zero attached hydrogens (tertiary/aromatic N) is 3. The van der Waals surface area contributed by atoms with Gasteiger partial charge in [-0.3, -0.25) is 19.7 Å². The number of carbonyl (C=O) groups is 3. The van der Waals surface area contributed by atoms with Crippen molar-refractivity contribution in [1.29, 1.82) is 0 Å². The van der Waals surface area contributed by atoms with Crippen molar-refractivity contribution in [1.82, 2.24) is 20.2 Å². The van der Waals surface area contributed by atoms with E-state index in [9.17, 15) is 19.6 Å². The van der Waals surface area contributed by atoms with E-state index in [-0.39, 0.29) is 18.4 Å². The average molecular weight is 471 g/mol. The number of amides is 3. The molecule has 0 radical (unpaired) electrons. The summed E-state index contributed by atoms with van der Waals surface area (Å²) in [5, 5.41) is 9.35. The van der Waals surface area contributed by atoms with Crippen LogP contribution in [0.2, 0.25) is 0 Å². The Morgan fingerprint density at radius 1 is 1.03 bits per heavy atom. The molecule has 0 aliphatic carbocycles. The van der Waals surface area contributed by atoms with Crippen molar-refractivity contribution in [2.45, 2.75) is 44.2 Å². The Morgan fingerprint density at radius 3 is 2.41 bits per heavy atom. The number of likely N-dealkylation sites (N-methyl/N-ethyl adjacent to an activating group) is 1. The fourth-order valence-corrected chi connectivity index (χ4v) is 5.27. The van der Waals surface area contributed by atoms with Gasteiger partial charge in [-0.2, -0.15) is 0 Å². The summed E-state index contributed by atoms with van der Waals surface area (Å²) < 4.78 is 5.71. The quantitative estimate of drug-likeness (QED) is 0.516. The van der Waals surface area contributed by atoms with Crippen LogP contribution in [0.3, 0.4) is 0 Å². The van der Waals surface area contributed by atoms with Crippen LogP contribution in [-0.2, 0) is 14.3 Å². The predicted molar refractivity (Wildman–Crippen MR) is 126 cm³/mol. The number of nitrogens with one attached hydrogen (secondary N) is 1. The molecule has 3 unspecified atom stereocenters. The Kier molecular flexibility index (Phi) is 7.84. The Labute approximate surface area is 200 Å². The highest BCUT2D eigenvalue weighted by Crippen LogP contribution is 2.29. The van der Waals surface area contributed by atoms with Crippen LogP contribution >= 0.6 is 0 Å². The maximum Gasteiger partial charge on any atom is 0.410 e. The van der Waals surface area contributed by atoms with E-state index < -0.39 is 24.0 Å². The van der Waals surface area contributed by atoms with Crippen LogP contribution in [0.25, 0.3) is 5.57 Å². The van der Waals surface area contributed by atoms with Gasteiger partial charge in [-0.05, 0) is 50.3 Å². The first kappa shape index (κ1) is 24.2. The van der Waals surface area contributed by atoms with Crippen LogP contribution in [0.4, 0.5) is 4.79 Å². The lowest BCUT2D eigenvalue weighted by Gasteiger charge is -2.43. The zero-order valence-electron chi connectivity index (χ0n) is 19.7. The summed E-state index contributed by atoms with van der Waals surface area (Å²) in [4.78, 5) is 43.9. The van der Waals surface area contributed by atoms with E-state index in [1.807, 2.05) is 18.2 Å². The van der Waals surface area contributed by atoms with Gasteiger partial charge in [-0.15, -0.1) is 0 Å². The fraction of sp³-hybridized carbons (Fsp3) is 0.560. The minimum Gasteiger partial charge on any atom is -0.445 e. The zero-order valence-corrected chi connectivity index (χ0v) is 19.7. The van der Waals surface area contributed by atoms with Gasteiger partial charge in [0.1, 0.15) is 12.1 Å². The summed E-state index contributed by atoms with van der Waals surface area (Å²) in [7, 11) is 1.76. The first-order valence-corrected chi connectivity index (χ1v) is 12.1. The molecule has 0 aromatic heterocycles. The summed E-state index contributed by atoms with van der Waals surface area (Å²) in [5.41, 5.74) is 4.07. The first-order chi connectivity index (χ1) is 16.5. The maximum absolute atomic E-state index is 13.5. The van der Waals surface area contributed by atoms with E-state index in [4.69, 9.17) is 4.74 Å². The highest BCUT2D eigenvalue weighted by Gasteiger charge is 2.45. The molecule has 9 heteroatoms. The van der Waals surface area contributed by atoms with Crippen molar-refractivity contribution in [2.24, 2.45) is 5.92 Å². The number of ether oxygens (including phenoxy) is 1. The van der Waals surface area contributed by atoms with Crippen molar-refractivity contribution in [3.05, 3.63) is 42.0 Å². The zero-order chi connectivity index (χ0) is 24.1. The monoisotopic (exact) mass is 470 g/mol. The number of benzene rings is 1. The van der Waals surface area contributed by atoms with Crippen LogP contribution < -0.4 is 5.48 Å². The summed E-state index contributed by atoms with van der Waals surface area (Å²) in [6.07, 6.45) is 5.10. The smallest absolute Gasteiger partial charge is 0.410 e. The van der Waals surface area contributed by atoms with E-state index in [1.54, 1.807) is 27.2 Å². The molecule has 184 valence electrons. The van der Waals surface area contributed by atoms with Gasteiger partial charge < -0.3 is 14.5 Å². The molecule has 34 heavy (non-hydrogen) atoms. The summed E-state index contributed by atoms with van der Waals surface area (Å²) in [6.45, 7) is 2.73. The van der Waals surface area contributed by atoms with Crippen molar-refractivity contribution in [3.63, 3.8) is 0 Å². The van der Waals surface area contributed by atoms with Gasteiger partial charge in [0.05, 0.1) is 5.92 Å². The minimum atomic E-state index is -0.824. The van der Waals surface area contributed by atoms with Gasteiger partial charge in [0.2, 0.25) is 11.8 Å². The Balaban J connectivity index is 1.42. The largest absolute Gasteiger partial charge is 0.445 e. The highest BCUT2D eigenvalue weighted by atomic mass is 16.6. The van der Waals surface area contributed by atoms with Crippen LogP contribution in [0, 0.1) is 5.92 Å². The Hall–Kier alpha value is -2.91.